The SMILES string of the molecule is COS(CCCS(=O)(=O)n1ccnc1)(OC)OC. The molecular formula is C9H18N2O5S2. The van der Waals surface area contributed by atoms with Crippen molar-refractivity contribution in [3.8, 4) is 0 Å². The summed E-state index contributed by atoms with van der Waals surface area (Å²) in [5.74, 6) is 0.374. The lowest BCUT2D eigenvalue weighted by Crippen LogP contribution is -2.18. The number of nitrogens with zero attached hydrogens (tertiary/aromatic N) is 2. The van der Waals surface area contributed by atoms with Gasteiger partial charge in [-0.3, -0.25) is 12.5 Å². The van der Waals surface area contributed by atoms with Crippen molar-refractivity contribution in [2.75, 3.05) is 32.8 Å². The molecule has 106 valence electrons. The van der Waals surface area contributed by atoms with Crippen molar-refractivity contribution in [1.82, 2.24) is 8.96 Å². The fraction of sp³-hybridized carbons (Fsp3) is 0.667. The van der Waals surface area contributed by atoms with Gasteiger partial charge in [0.25, 0.3) is 0 Å². The van der Waals surface area contributed by atoms with E-state index in [1.165, 1.54) is 40.1 Å². The number of imidazole rings is 1. The van der Waals surface area contributed by atoms with E-state index in [2.05, 4.69) is 4.98 Å². The Labute approximate surface area is 109 Å². The van der Waals surface area contributed by atoms with Crippen molar-refractivity contribution >= 4 is 20.9 Å². The molecule has 0 amide bonds. The fourth-order valence-corrected chi connectivity index (χ4v) is 4.14. The number of hydrogen-bond acceptors (Lipinski definition) is 6. The van der Waals surface area contributed by atoms with E-state index in [-0.39, 0.29) is 5.75 Å². The van der Waals surface area contributed by atoms with Crippen LogP contribution in [0.2, 0.25) is 0 Å². The van der Waals surface area contributed by atoms with Gasteiger partial charge in [-0.05, 0) is 6.42 Å². The Bertz CT molecular complexity index is 433. The molecule has 0 aliphatic heterocycles. The van der Waals surface area contributed by atoms with E-state index >= 15 is 0 Å². The molecule has 0 aliphatic carbocycles. The van der Waals surface area contributed by atoms with Crippen LogP contribution >= 0.6 is 10.9 Å². The van der Waals surface area contributed by atoms with E-state index in [9.17, 15) is 8.42 Å². The number of aromatic nitrogens is 2. The highest BCUT2D eigenvalue weighted by atomic mass is 32.3. The van der Waals surface area contributed by atoms with Crippen LogP contribution in [0.15, 0.2) is 18.7 Å². The molecule has 0 aromatic carbocycles. The van der Waals surface area contributed by atoms with Gasteiger partial charge < -0.3 is 0 Å². The van der Waals surface area contributed by atoms with Gasteiger partial charge in [0.2, 0.25) is 10.0 Å². The molecule has 0 saturated heterocycles. The third-order valence-electron chi connectivity index (χ3n) is 2.36. The zero-order valence-corrected chi connectivity index (χ0v) is 12.2. The quantitative estimate of drug-likeness (QED) is 0.710. The van der Waals surface area contributed by atoms with Gasteiger partial charge in [-0.15, -0.1) is 0 Å². The summed E-state index contributed by atoms with van der Waals surface area (Å²) in [7, 11) is -1.02. The molecule has 1 aromatic heterocycles. The maximum atomic E-state index is 11.9. The number of rotatable bonds is 8. The van der Waals surface area contributed by atoms with Gasteiger partial charge in [-0.2, -0.15) is 0 Å². The van der Waals surface area contributed by atoms with Crippen molar-refractivity contribution in [2.24, 2.45) is 0 Å². The predicted molar refractivity (Wildman–Crippen MR) is 69.5 cm³/mol. The molecule has 1 aromatic rings. The smallest absolute Gasteiger partial charge is 0.239 e. The summed E-state index contributed by atoms with van der Waals surface area (Å²) in [5.41, 5.74) is 0. The van der Waals surface area contributed by atoms with Crippen molar-refractivity contribution in [3.63, 3.8) is 0 Å². The van der Waals surface area contributed by atoms with Crippen LogP contribution in [0.3, 0.4) is 0 Å². The number of hydrogen-bond donors (Lipinski definition) is 0. The average molecular weight is 298 g/mol. The highest BCUT2D eigenvalue weighted by molar-refractivity contribution is 8.21. The Hall–Kier alpha value is -0.610. The van der Waals surface area contributed by atoms with Crippen LogP contribution in [0.1, 0.15) is 6.42 Å². The molecule has 0 saturated carbocycles. The Morgan fingerprint density at radius 1 is 1.11 bits per heavy atom. The summed E-state index contributed by atoms with van der Waals surface area (Å²) in [6.07, 6.45) is 4.47. The molecule has 0 aliphatic rings. The summed E-state index contributed by atoms with van der Waals surface area (Å²) < 4.78 is 40.3. The molecule has 7 nitrogen and oxygen atoms in total. The van der Waals surface area contributed by atoms with E-state index < -0.39 is 20.9 Å². The topological polar surface area (TPSA) is 79.7 Å². The largest absolute Gasteiger partial charge is 0.296 e. The second kappa shape index (κ2) is 6.53. The second-order valence-corrected chi connectivity index (χ2v) is 7.84. The van der Waals surface area contributed by atoms with Gasteiger partial charge in [0, 0.05) is 18.1 Å². The molecular weight excluding hydrogens is 280 g/mol. The lowest BCUT2D eigenvalue weighted by Gasteiger charge is -2.33. The Kier molecular flexibility index (Phi) is 5.60. The van der Waals surface area contributed by atoms with Crippen LogP contribution in [0.4, 0.5) is 0 Å². The fourth-order valence-electron chi connectivity index (χ4n) is 1.39. The first-order valence-corrected chi connectivity index (χ1v) is 8.37. The standard InChI is InChI=1S/C9H18N2O5S2/c1-14-18(15-2,16-3)8-4-7-17(12,13)11-6-5-10-9-11/h5-6,9H,4,7-8H2,1-3H3. The van der Waals surface area contributed by atoms with E-state index in [0.717, 1.165) is 3.97 Å². The third-order valence-corrected chi connectivity index (χ3v) is 6.34. The molecule has 9 heteroatoms. The van der Waals surface area contributed by atoms with Crippen LogP contribution < -0.4 is 0 Å². The Morgan fingerprint density at radius 3 is 2.17 bits per heavy atom. The van der Waals surface area contributed by atoms with Crippen LogP contribution in [-0.2, 0) is 22.6 Å². The monoisotopic (exact) mass is 298 g/mol. The molecule has 0 unspecified atom stereocenters. The summed E-state index contributed by atoms with van der Waals surface area (Å²) >= 11 is 0. The van der Waals surface area contributed by atoms with Gasteiger partial charge in [0.1, 0.15) is 6.33 Å². The highest BCUT2D eigenvalue weighted by Gasteiger charge is 2.24. The third kappa shape index (κ3) is 3.69. The zero-order valence-electron chi connectivity index (χ0n) is 10.6. The maximum Gasteiger partial charge on any atom is 0.239 e. The van der Waals surface area contributed by atoms with E-state index in [0.29, 0.717) is 12.2 Å². The molecule has 0 atom stereocenters. The molecule has 0 radical (unpaired) electrons. The molecule has 0 fully saturated rings. The van der Waals surface area contributed by atoms with Crippen molar-refractivity contribution in [2.45, 2.75) is 6.42 Å². The second-order valence-electron chi connectivity index (χ2n) is 3.32. The Balaban J connectivity index is 2.56. The highest BCUT2D eigenvalue weighted by Crippen LogP contribution is 2.49. The minimum Gasteiger partial charge on any atom is -0.296 e. The van der Waals surface area contributed by atoms with Gasteiger partial charge >= 0.3 is 0 Å². The van der Waals surface area contributed by atoms with Gasteiger partial charge in [-0.1, -0.05) is 0 Å². The maximum absolute atomic E-state index is 11.9. The van der Waals surface area contributed by atoms with Crippen LogP contribution in [0.25, 0.3) is 0 Å². The van der Waals surface area contributed by atoms with Gasteiger partial charge in [-0.25, -0.2) is 17.4 Å². The summed E-state index contributed by atoms with van der Waals surface area (Å²) in [6.45, 7) is 0. The summed E-state index contributed by atoms with van der Waals surface area (Å²) in [4.78, 5) is 3.71. The van der Waals surface area contributed by atoms with E-state index in [4.69, 9.17) is 12.5 Å². The predicted octanol–water partition coefficient (Wildman–Crippen LogP) is 0.940. The molecule has 1 heterocycles. The van der Waals surface area contributed by atoms with Crippen LogP contribution in [0, 0.1) is 0 Å². The zero-order chi connectivity index (χ0) is 13.6. The van der Waals surface area contributed by atoms with E-state index in [1.807, 2.05) is 0 Å². The molecule has 18 heavy (non-hydrogen) atoms. The normalized spacial score (nSPS) is 13.7. The first kappa shape index (κ1) is 15.4. The van der Waals surface area contributed by atoms with Crippen LogP contribution in [0.5, 0.6) is 0 Å². The average Bonchev–Trinajstić information content (AvgIpc) is 2.90. The van der Waals surface area contributed by atoms with Crippen molar-refractivity contribution < 1.29 is 21.0 Å². The molecule has 0 bridgehead atoms. The minimum atomic E-state index is -3.36. The molecule has 1 rings (SSSR count). The van der Waals surface area contributed by atoms with E-state index in [1.54, 1.807) is 0 Å². The minimum absolute atomic E-state index is 0.0197. The van der Waals surface area contributed by atoms with Crippen molar-refractivity contribution in [1.29, 1.82) is 0 Å². The molecule has 0 N–H and O–H groups in total. The van der Waals surface area contributed by atoms with Crippen LogP contribution in [-0.4, -0.2) is 50.2 Å². The van der Waals surface area contributed by atoms with Crippen molar-refractivity contribution in [3.05, 3.63) is 18.7 Å². The first-order chi connectivity index (χ1) is 8.49. The summed E-state index contributed by atoms with van der Waals surface area (Å²) in [5, 5.41) is 0. The lowest BCUT2D eigenvalue weighted by molar-refractivity contribution is 0.248. The van der Waals surface area contributed by atoms with Gasteiger partial charge in [0.05, 0.1) is 38.0 Å². The summed E-state index contributed by atoms with van der Waals surface area (Å²) in [6, 6.07) is 0. The Morgan fingerprint density at radius 2 is 1.72 bits per heavy atom. The first-order valence-electron chi connectivity index (χ1n) is 5.18. The molecule has 0 spiro atoms. The van der Waals surface area contributed by atoms with Gasteiger partial charge in [0.15, 0.2) is 0 Å². The lowest BCUT2D eigenvalue weighted by atomic mass is 10.6.